The van der Waals surface area contributed by atoms with Crippen LogP contribution < -0.4 is 14.8 Å². The van der Waals surface area contributed by atoms with Gasteiger partial charge < -0.3 is 14.8 Å². The first-order valence-electron chi connectivity index (χ1n) is 12.4. The molecule has 39 heavy (non-hydrogen) atoms. The van der Waals surface area contributed by atoms with Crippen molar-refractivity contribution < 1.29 is 23.9 Å². The molecule has 3 aromatic rings. The van der Waals surface area contributed by atoms with Crippen LogP contribution in [-0.4, -0.2) is 35.1 Å². The second kappa shape index (κ2) is 12.5. The summed E-state index contributed by atoms with van der Waals surface area (Å²) in [6.45, 7) is 8.25. The van der Waals surface area contributed by atoms with Gasteiger partial charge in [-0.1, -0.05) is 35.9 Å². The molecule has 3 aromatic carbocycles. The van der Waals surface area contributed by atoms with Crippen molar-refractivity contribution in [3.05, 3.63) is 91.8 Å². The Hall–Kier alpha value is -3.56. The van der Waals surface area contributed by atoms with Crippen LogP contribution >= 0.6 is 27.7 Å². The van der Waals surface area contributed by atoms with Crippen molar-refractivity contribution in [3.63, 3.8) is 0 Å². The molecule has 9 heteroatoms. The fourth-order valence-corrected chi connectivity index (χ4v) is 5.28. The monoisotopic (exact) mass is 608 g/mol. The van der Waals surface area contributed by atoms with Crippen LogP contribution in [0, 0.1) is 20.8 Å². The third-order valence-corrected chi connectivity index (χ3v) is 7.60. The molecular weight excluding hydrogens is 580 g/mol. The summed E-state index contributed by atoms with van der Waals surface area (Å²) in [5.74, 6) is 0.0928. The van der Waals surface area contributed by atoms with Crippen LogP contribution in [0.15, 0.2) is 64.0 Å². The van der Waals surface area contributed by atoms with Crippen LogP contribution in [0.25, 0.3) is 6.08 Å². The van der Waals surface area contributed by atoms with Crippen LogP contribution in [0.4, 0.5) is 10.5 Å². The van der Waals surface area contributed by atoms with Gasteiger partial charge in [-0.25, -0.2) is 0 Å². The van der Waals surface area contributed by atoms with Gasteiger partial charge in [-0.3, -0.25) is 19.3 Å². The van der Waals surface area contributed by atoms with E-state index in [-0.39, 0.29) is 11.4 Å². The summed E-state index contributed by atoms with van der Waals surface area (Å²) in [6.07, 6.45) is 1.61. The lowest BCUT2D eigenvalue weighted by Gasteiger charge is -2.15. The molecule has 0 saturated carbocycles. The van der Waals surface area contributed by atoms with E-state index in [1.165, 1.54) is 5.56 Å². The zero-order chi connectivity index (χ0) is 28.1. The van der Waals surface area contributed by atoms with Crippen molar-refractivity contribution in [3.8, 4) is 11.5 Å². The molecule has 0 aromatic heterocycles. The number of amides is 3. The van der Waals surface area contributed by atoms with E-state index in [2.05, 4.69) is 21.2 Å². The molecule has 1 fully saturated rings. The first-order chi connectivity index (χ1) is 18.6. The third kappa shape index (κ3) is 7.10. The summed E-state index contributed by atoms with van der Waals surface area (Å²) < 4.78 is 12.5. The van der Waals surface area contributed by atoms with Crippen molar-refractivity contribution in [2.45, 2.75) is 34.3 Å². The standard InChI is InChI=1S/C30H29BrN2O5S/c1-5-37-25-14-22(13-24(31)28(25)38-17-21-9-6-18(2)7-10-21)15-26-29(35)33(30(36)39-26)16-27(34)32-23-11-8-19(3)20(4)12-23/h6-15H,5,16-17H2,1-4H3,(H,32,34)/b26-15+. The molecule has 202 valence electrons. The second-order valence-electron chi connectivity index (χ2n) is 9.15. The zero-order valence-corrected chi connectivity index (χ0v) is 24.6. The number of anilines is 1. The van der Waals surface area contributed by atoms with E-state index in [1.807, 2.05) is 64.1 Å². The molecule has 0 atom stereocenters. The average Bonchev–Trinajstić information content (AvgIpc) is 3.14. The molecule has 7 nitrogen and oxygen atoms in total. The molecule has 3 amide bonds. The molecule has 1 saturated heterocycles. The average molecular weight is 610 g/mol. The van der Waals surface area contributed by atoms with Gasteiger partial charge in [-0.2, -0.15) is 0 Å². The van der Waals surface area contributed by atoms with Crippen LogP contribution in [0.5, 0.6) is 11.5 Å². The number of hydrogen-bond donors (Lipinski definition) is 1. The third-order valence-electron chi connectivity index (χ3n) is 6.10. The number of carbonyl (C=O) groups excluding carboxylic acids is 3. The van der Waals surface area contributed by atoms with E-state index in [1.54, 1.807) is 24.3 Å². The fraction of sp³-hybridized carbons (Fsp3) is 0.233. The highest BCUT2D eigenvalue weighted by atomic mass is 79.9. The maximum absolute atomic E-state index is 13.0. The topological polar surface area (TPSA) is 84.9 Å². The van der Waals surface area contributed by atoms with Crippen LogP contribution in [0.1, 0.15) is 34.7 Å². The van der Waals surface area contributed by atoms with Gasteiger partial charge in [0.1, 0.15) is 13.2 Å². The van der Waals surface area contributed by atoms with Gasteiger partial charge >= 0.3 is 0 Å². The van der Waals surface area contributed by atoms with Crippen molar-refractivity contribution in [2.75, 3.05) is 18.5 Å². The highest BCUT2D eigenvalue weighted by Crippen LogP contribution is 2.39. The number of benzene rings is 3. The molecule has 0 aliphatic carbocycles. The molecule has 1 N–H and O–H groups in total. The second-order valence-corrected chi connectivity index (χ2v) is 11.0. The Balaban J connectivity index is 1.48. The summed E-state index contributed by atoms with van der Waals surface area (Å²) in [4.78, 5) is 39.4. The van der Waals surface area contributed by atoms with Gasteiger partial charge in [0.25, 0.3) is 11.1 Å². The summed E-state index contributed by atoms with van der Waals surface area (Å²) >= 11 is 4.36. The van der Waals surface area contributed by atoms with Gasteiger partial charge in [-0.15, -0.1) is 0 Å². The molecule has 4 rings (SSSR count). The van der Waals surface area contributed by atoms with Gasteiger partial charge in [0, 0.05) is 5.69 Å². The largest absolute Gasteiger partial charge is 0.490 e. The number of thioether (sulfide) groups is 1. The Morgan fingerprint density at radius 3 is 2.44 bits per heavy atom. The van der Waals surface area contributed by atoms with E-state index in [4.69, 9.17) is 9.47 Å². The summed E-state index contributed by atoms with van der Waals surface area (Å²) in [6, 6.07) is 17.2. The minimum Gasteiger partial charge on any atom is -0.490 e. The number of halogens is 1. The summed E-state index contributed by atoms with van der Waals surface area (Å²) in [5.41, 5.74) is 5.60. The Bertz CT molecular complexity index is 1450. The maximum Gasteiger partial charge on any atom is 0.294 e. The lowest BCUT2D eigenvalue weighted by molar-refractivity contribution is -0.127. The van der Waals surface area contributed by atoms with Gasteiger partial charge in [-0.05, 0) is 108 Å². The molecule has 1 aliphatic rings. The number of nitrogens with one attached hydrogen (secondary N) is 1. The lowest BCUT2D eigenvalue weighted by Crippen LogP contribution is -2.36. The first-order valence-corrected chi connectivity index (χ1v) is 14.0. The van der Waals surface area contributed by atoms with Gasteiger partial charge in [0.15, 0.2) is 11.5 Å². The Morgan fingerprint density at radius 1 is 1.00 bits per heavy atom. The Kier molecular flexibility index (Phi) is 9.14. The van der Waals surface area contributed by atoms with Crippen LogP contribution in [-0.2, 0) is 16.2 Å². The van der Waals surface area contributed by atoms with E-state index < -0.39 is 17.1 Å². The predicted molar refractivity (Wildman–Crippen MR) is 158 cm³/mol. The van der Waals surface area contributed by atoms with Crippen molar-refractivity contribution in [1.82, 2.24) is 4.90 Å². The van der Waals surface area contributed by atoms with E-state index in [9.17, 15) is 14.4 Å². The zero-order valence-electron chi connectivity index (χ0n) is 22.2. The van der Waals surface area contributed by atoms with Gasteiger partial charge in [0.05, 0.1) is 16.0 Å². The van der Waals surface area contributed by atoms with Crippen molar-refractivity contribution >= 4 is 56.5 Å². The summed E-state index contributed by atoms with van der Waals surface area (Å²) in [5, 5.41) is 2.26. The number of hydrogen-bond acceptors (Lipinski definition) is 6. The fourth-order valence-electron chi connectivity index (χ4n) is 3.87. The van der Waals surface area contributed by atoms with Crippen LogP contribution in [0.2, 0.25) is 0 Å². The molecule has 0 spiro atoms. The van der Waals surface area contributed by atoms with Crippen LogP contribution in [0.3, 0.4) is 0 Å². The molecular formula is C30H29BrN2O5S. The van der Waals surface area contributed by atoms with E-state index in [0.29, 0.717) is 40.4 Å². The smallest absolute Gasteiger partial charge is 0.294 e. The van der Waals surface area contributed by atoms with E-state index in [0.717, 1.165) is 33.4 Å². The normalized spacial score (nSPS) is 14.2. The maximum atomic E-state index is 13.0. The summed E-state index contributed by atoms with van der Waals surface area (Å²) in [7, 11) is 0. The number of carbonyl (C=O) groups is 3. The van der Waals surface area contributed by atoms with E-state index >= 15 is 0 Å². The first kappa shape index (κ1) is 28.4. The van der Waals surface area contributed by atoms with Crippen molar-refractivity contribution in [2.24, 2.45) is 0 Å². The van der Waals surface area contributed by atoms with Crippen molar-refractivity contribution in [1.29, 1.82) is 0 Å². The highest BCUT2D eigenvalue weighted by molar-refractivity contribution is 9.10. The number of nitrogens with zero attached hydrogens (tertiary/aromatic N) is 1. The molecule has 1 aliphatic heterocycles. The quantitative estimate of drug-likeness (QED) is 0.263. The Morgan fingerprint density at radius 2 is 1.74 bits per heavy atom. The highest BCUT2D eigenvalue weighted by Gasteiger charge is 2.36. The SMILES string of the molecule is CCOc1cc(/C=C2/SC(=O)N(CC(=O)Nc3ccc(C)c(C)c3)C2=O)cc(Br)c1OCc1ccc(C)cc1. The predicted octanol–water partition coefficient (Wildman–Crippen LogP) is 7.03. The minimum absolute atomic E-state index is 0.224. The molecule has 0 bridgehead atoms. The lowest BCUT2D eigenvalue weighted by atomic mass is 10.1. The number of imide groups is 1. The Labute approximate surface area is 240 Å². The number of ether oxygens (including phenoxy) is 2. The molecule has 1 heterocycles. The number of aryl methyl sites for hydroxylation is 3. The van der Waals surface area contributed by atoms with Gasteiger partial charge in [0.2, 0.25) is 5.91 Å². The molecule has 0 unspecified atom stereocenters. The number of rotatable bonds is 9. The molecule has 0 radical (unpaired) electrons. The minimum atomic E-state index is -0.519.